The van der Waals surface area contributed by atoms with Crippen LogP contribution in [0.15, 0.2) is 30.3 Å². The Labute approximate surface area is 176 Å². The summed E-state index contributed by atoms with van der Waals surface area (Å²) in [6.07, 6.45) is 0. The lowest BCUT2D eigenvalue weighted by Crippen LogP contribution is -2.15. The SMILES string of the molecule is CC(C)c1c(C(=O)O)c(C(=O)O)c(-c2ccc3c(c2)OCO3)c2c3c(ccc12)OCO3. The first-order chi connectivity index (χ1) is 14.9. The second-order valence-corrected chi connectivity index (χ2v) is 7.59. The minimum Gasteiger partial charge on any atom is -0.478 e. The van der Waals surface area contributed by atoms with Crippen molar-refractivity contribution in [1.82, 2.24) is 0 Å². The molecule has 8 heteroatoms. The van der Waals surface area contributed by atoms with Gasteiger partial charge in [0.1, 0.15) is 0 Å². The summed E-state index contributed by atoms with van der Waals surface area (Å²) < 4.78 is 22.1. The maximum absolute atomic E-state index is 12.5. The third-order valence-corrected chi connectivity index (χ3v) is 5.52. The lowest BCUT2D eigenvalue weighted by molar-refractivity contribution is 0.0651. The molecule has 5 rings (SSSR count). The summed E-state index contributed by atoms with van der Waals surface area (Å²) >= 11 is 0. The van der Waals surface area contributed by atoms with Gasteiger partial charge in [-0.2, -0.15) is 0 Å². The molecule has 3 aromatic rings. The molecule has 0 fully saturated rings. The van der Waals surface area contributed by atoms with Crippen LogP contribution in [-0.4, -0.2) is 35.7 Å². The van der Waals surface area contributed by atoms with Gasteiger partial charge in [-0.15, -0.1) is 0 Å². The Balaban J connectivity index is 2.01. The van der Waals surface area contributed by atoms with Gasteiger partial charge in [-0.3, -0.25) is 0 Å². The Morgan fingerprint density at radius 3 is 2.19 bits per heavy atom. The molecule has 0 saturated carbocycles. The van der Waals surface area contributed by atoms with Gasteiger partial charge in [-0.05, 0) is 40.6 Å². The zero-order valence-electron chi connectivity index (χ0n) is 16.7. The van der Waals surface area contributed by atoms with Crippen molar-refractivity contribution in [3.8, 4) is 34.1 Å². The Morgan fingerprint density at radius 2 is 1.48 bits per heavy atom. The number of carboxylic acid groups (broad SMARTS) is 2. The molecule has 0 radical (unpaired) electrons. The summed E-state index contributed by atoms with van der Waals surface area (Å²) in [4.78, 5) is 24.8. The van der Waals surface area contributed by atoms with Crippen LogP contribution < -0.4 is 18.9 Å². The number of rotatable bonds is 4. The topological polar surface area (TPSA) is 112 Å². The van der Waals surface area contributed by atoms with E-state index in [1.165, 1.54) is 0 Å². The average molecular weight is 422 g/mol. The fraction of sp³-hybridized carbons (Fsp3) is 0.217. The zero-order chi connectivity index (χ0) is 21.9. The smallest absolute Gasteiger partial charge is 0.337 e. The highest BCUT2D eigenvalue weighted by atomic mass is 16.7. The second-order valence-electron chi connectivity index (χ2n) is 7.59. The van der Waals surface area contributed by atoms with Crippen LogP contribution in [0.2, 0.25) is 0 Å². The van der Waals surface area contributed by atoms with Crippen molar-refractivity contribution < 1.29 is 38.7 Å². The molecule has 31 heavy (non-hydrogen) atoms. The maximum atomic E-state index is 12.5. The van der Waals surface area contributed by atoms with E-state index in [1.807, 2.05) is 13.8 Å². The maximum Gasteiger partial charge on any atom is 0.337 e. The van der Waals surface area contributed by atoms with Gasteiger partial charge in [0.2, 0.25) is 13.6 Å². The second kappa shape index (κ2) is 6.80. The van der Waals surface area contributed by atoms with Crippen molar-refractivity contribution >= 4 is 22.7 Å². The van der Waals surface area contributed by atoms with E-state index in [2.05, 4.69) is 0 Å². The third-order valence-electron chi connectivity index (χ3n) is 5.52. The molecule has 2 aliphatic rings. The van der Waals surface area contributed by atoms with E-state index in [-0.39, 0.29) is 36.2 Å². The molecule has 0 spiro atoms. The van der Waals surface area contributed by atoms with E-state index < -0.39 is 11.9 Å². The normalized spacial score (nSPS) is 13.8. The highest BCUT2D eigenvalue weighted by Crippen LogP contribution is 2.50. The van der Waals surface area contributed by atoms with Crippen LogP contribution in [-0.2, 0) is 0 Å². The van der Waals surface area contributed by atoms with E-state index in [4.69, 9.17) is 18.9 Å². The van der Waals surface area contributed by atoms with Crippen molar-refractivity contribution in [1.29, 1.82) is 0 Å². The van der Waals surface area contributed by atoms with E-state index in [9.17, 15) is 19.8 Å². The van der Waals surface area contributed by atoms with E-state index in [1.54, 1.807) is 30.3 Å². The van der Waals surface area contributed by atoms with Crippen molar-refractivity contribution in [2.45, 2.75) is 19.8 Å². The van der Waals surface area contributed by atoms with Gasteiger partial charge < -0.3 is 29.2 Å². The summed E-state index contributed by atoms with van der Waals surface area (Å²) in [7, 11) is 0. The van der Waals surface area contributed by atoms with Crippen LogP contribution in [0, 0.1) is 0 Å². The number of hydrogen-bond donors (Lipinski definition) is 2. The van der Waals surface area contributed by atoms with Crippen LogP contribution in [0.4, 0.5) is 0 Å². The molecule has 0 saturated heterocycles. The molecule has 0 bridgehead atoms. The predicted molar refractivity (Wildman–Crippen MR) is 110 cm³/mol. The summed E-state index contributed by atoms with van der Waals surface area (Å²) in [6.45, 7) is 3.72. The molecular formula is C23H18O8. The number of carboxylic acids is 2. The van der Waals surface area contributed by atoms with Crippen LogP contribution in [0.5, 0.6) is 23.0 Å². The minimum atomic E-state index is -1.34. The van der Waals surface area contributed by atoms with Gasteiger partial charge in [0, 0.05) is 10.9 Å². The lowest BCUT2D eigenvalue weighted by atomic mass is 9.82. The fourth-order valence-electron chi connectivity index (χ4n) is 4.34. The van der Waals surface area contributed by atoms with Gasteiger partial charge in [0.05, 0.1) is 11.1 Å². The van der Waals surface area contributed by atoms with E-state index in [0.29, 0.717) is 44.9 Å². The third kappa shape index (κ3) is 2.75. The van der Waals surface area contributed by atoms with Gasteiger partial charge in [-0.25, -0.2) is 9.59 Å². The van der Waals surface area contributed by atoms with Gasteiger partial charge in [0.25, 0.3) is 0 Å². The van der Waals surface area contributed by atoms with Gasteiger partial charge in [-0.1, -0.05) is 26.0 Å². The summed E-state index contributed by atoms with van der Waals surface area (Å²) in [5.41, 5.74) is 0.619. The average Bonchev–Trinajstić information content (AvgIpc) is 3.39. The Bertz CT molecular complexity index is 1270. The van der Waals surface area contributed by atoms with Gasteiger partial charge >= 0.3 is 11.9 Å². The molecule has 3 aromatic carbocycles. The number of aromatic carboxylic acids is 2. The quantitative estimate of drug-likeness (QED) is 0.633. The molecule has 0 aromatic heterocycles. The Morgan fingerprint density at radius 1 is 0.839 bits per heavy atom. The molecule has 2 heterocycles. The van der Waals surface area contributed by atoms with Crippen LogP contribution in [0.3, 0.4) is 0 Å². The van der Waals surface area contributed by atoms with Crippen molar-refractivity contribution in [2.75, 3.05) is 13.6 Å². The monoisotopic (exact) mass is 422 g/mol. The Hall–Kier alpha value is -3.94. The number of carbonyl (C=O) groups is 2. The first kappa shape index (κ1) is 19.0. The van der Waals surface area contributed by atoms with E-state index in [0.717, 1.165) is 0 Å². The molecule has 8 nitrogen and oxygen atoms in total. The van der Waals surface area contributed by atoms with Gasteiger partial charge in [0.15, 0.2) is 23.0 Å². The van der Waals surface area contributed by atoms with Crippen LogP contribution in [0.25, 0.3) is 21.9 Å². The lowest BCUT2D eigenvalue weighted by Gasteiger charge is -2.21. The molecular weight excluding hydrogens is 404 g/mol. The summed E-state index contributed by atoms with van der Waals surface area (Å²) in [6, 6.07) is 8.48. The Kier molecular flexibility index (Phi) is 4.18. The number of fused-ring (bicyclic) bond motifs is 4. The fourth-order valence-corrected chi connectivity index (χ4v) is 4.34. The minimum absolute atomic E-state index is 0.00484. The largest absolute Gasteiger partial charge is 0.478 e. The molecule has 158 valence electrons. The van der Waals surface area contributed by atoms with Crippen molar-refractivity contribution in [2.24, 2.45) is 0 Å². The summed E-state index contributed by atoms with van der Waals surface area (Å²) in [5.74, 6) is -1.04. The van der Waals surface area contributed by atoms with Crippen molar-refractivity contribution in [3.63, 3.8) is 0 Å². The first-order valence-corrected chi connectivity index (χ1v) is 9.67. The molecule has 0 unspecified atom stereocenters. The van der Waals surface area contributed by atoms with Crippen LogP contribution >= 0.6 is 0 Å². The number of benzene rings is 3. The molecule has 0 aliphatic carbocycles. The highest BCUT2D eigenvalue weighted by Gasteiger charge is 2.33. The zero-order valence-corrected chi connectivity index (χ0v) is 16.7. The number of ether oxygens (including phenoxy) is 4. The number of hydrogen-bond acceptors (Lipinski definition) is 6. The molecule has 0 atom stereocenters. The predicted octanol–water partition coefficient (Wildman–Crippen LogP) is 4.48. The highest BCUT2D eigenvalue weighted by molar-refractivity contribution is 6.18. The first-order valence-electron chi connectivity index (χ1n) is 9.67. The van der Waals surface area contributed by atoms with Crippen LogP contribution in [0.1, 0.15) is 46.0 Å². The molecule has 0 amide bonds. The standard InChI is InChI=1S/C23H18O8/c1-10(2)16-12-4-6-14-21(31-9-29-14)18(12)17(20(23(26)27)19(16)22(24)25)11-3-5-13-15(7-11)30-8-28-13/h3-7,10H,8-9H2,1-2H3,(H,24,25)(H,26,27). The van der Waals surface area contributed by atoms with Crippen molar-refractivity contribution in [3.05, 3.63) is 47.0 Å². The van der Waals surface area contributed by atoms with E-state index >= 15 is 0 Å². The molecule has 2 aliphatic heterocycles. The summed E-state index contributed by atoms with van der Waals surface area (Å²) in [5, 5.41) is 21.3. The molecule has 2 N–H and O–H groups in total.